The average molecular weight is 478 g/mol. The Hall–Kier alpha value is -2.84. The average Bonchev–Trinajstić information content (AvgIpc) is 3.28. The molecule has 4 aromatic rings. The number of nitrogens with two attached hydrogens (primary N) is 1. The van der Waals surface area contributed by atoms with Crippen LogP contribution < -0.4 is 10.5 Å². The van der Waals surface area contributed by atoms with Gasteiger partial charge >= 0.3 is 0 Å². The maximum atomic E-state index is 13.5. The fourth-order valence-corrected chi connectivity index (χ4v) is 6.21. The van der Waals surface area contributed by atoms with Gasteiger partial charge in [-0.2, -0.15) is 0 Å². The van der Waals surface area contributed by atoms with Crippen LogP contribution in [0.25, 0.3) is 32.8 Å². The van der Waals surface area contributed by atoms with Gasteiger partial charge in [-0.3, -0.25) is 4.79 Å². The molecule has 1 saturated carbocycles. The second-order valence-electron chi connectivity index (χ2n) is 9.95. The molecule has 1 saturated heterocycles. The van der Waals surface area contributed by atoms with Gasteiger partial charge in [0.15, 0.2) is 5.82 Å². The maximum Gasteiger partial charge on any atom is 0.254 e. The number of ether oxygens (including phenoxy) is 1. The predicted octanol–water partition coefficient (Wildman–Crippen LogP) is 4.63. The molecule has 3 aromatic heterocycles. The Morgan fingerprint density at radius 1 is 1.24 bits per heavy atom. The molecule has 7 nitrogen and oxygen atoms in total. The zero-order valence-corrected chi connectivity index (χ0v) is 20.8. The van der Waals surface area contributed by atoms with Crippen molar-refractivity contribution in [1.82, 2.24) is 19.0 Å². The molecule has 1 amide bonds. The summed E-state index contributed by atoms with van der Waals surface area (Å²) in [5.41, 5.74) is 9.58. The molecule has 2 fully saturated rings. The maximum absolute atomic E-state index is 13.5. The summed E-state index contributed by atoms with van der Waals surface area (Å²) >= 11 is 1.78. The van der Waals surface area contributed by atoms with E-state index in [9.17, 15) is 4.79 Å². The second-order valence-corrected chi connectivity index (χ2v) is 10.8. The SMILES string of the molecule is COc1cc(C(=O)N2CC(N)CCC2C)cc2nc(-c3cc4ccsc4n3CC3CC3)n(C)c12. The Labute approximate surface area is 203 Å². The molecule has 0 spiro atoms. The van der Waals surface area contributed by atoms with E-state index in [1.54, 1.807) is 18.4 Å². The smallest absolute Gasteiger partial charge is 0.254 e. The molecule has 4 heterocycles. The molecular formula is C26H31N5O2S. The van der Waals surface area contributed by atoms with E-state index < -0.39 is 0 Å². The van der Waals surface area contributed by atoms with E-state index in [1.165, 1.54) is 23.1 Å². The Morgan fingerprint density at radius 3 is 2.82 bits per heavy atom. The second kappa shape index (κ2) is 8.13. The topological polar surface area (TPSA) is 78.3 Å². The van der Waals surface area contributed by atoms with Gasteiger partial charge in [-0.25, -0.2) is 4.98 Å². The lowest BCUT2D eigenvalue weighted by Gasteiger charge is -2.36. The van der Waals surface area contributed by atoms with E-state index in [0.29, 0.717) is 17.9 Å². The van der Waals surface area contributed by atoms with Crippen molar-refractivity contribution in [1.29, 1.82) is 0 Å². The molecule has 0 bridgehead atoms. The molecule has 2 unspecified atom stereocenters. The number of aromatic nitrogens is 3. The summed E-state index contributed by atoms with van der Waals surface area (Å²) in [7, 11) is 3.68. The van der Waals surface area contributed by atoms with Gasteiger partial charge in [-0.05, 0) is 68.2 Å². The van der Waals surface area contributed by atoms with Gasteiger partial charge in [0, 0.05) is 43.2 Å². The normalized spacial score (nSPS) is 21.0. The van der Waals surface area contributed by atoms with Crippen molar-refractivity contribution >= 4 is 38.5 Å². The lowest BCUT2D eigenvalue weighted by atomic mass is 9.99. The summed E-state index contributed by atoms with van der Waals surface area (Å²) < 4.78 is 10.3. The highest BCUT2D eigenvalue weighted by molar-refractivity contribution is 7.16. The number of hydrogen-bond acceptors (Lipinski definition) is 5. The molecule has 178 valence electrons. The quantitative estimate of drug-likeness (QED) is 0.455. The van der Waals surface area contributed by atoms with Crippen LogP contribution in [0.5, 0.6) is 5.75 Å². The monoisotopic (exact) mass is 477 g/mol. The summed E-state index contributed by atoms with van der Waals surface area (Å²) in [6.45, 7) is 3.70. The molecule has 2 aliphatic rings. The molecule has 1 aromatic carbocycles. The number of rotatable bonds is 5. The van der Waals surface area contributed by atoms with Crippen LogP contribution in [0.4, 0.5) is 0 Å². The number of hydrogen-bond donors (Lipinski definition) is 1. The third-order valence-electron chi connectivity index (χ3n) is 7.45. The summed E-state index contributed by atoms with van der Waals surface area (Å²) in [6, 6.07) is 8.38. The Bertz CT molecular complexity index is 1400. The van der Waals surface area contributed by atoms with Gasteiger partial charge in [0.1, 0.15) is 16.1 Å². The fourth-order valence-electron chi connectivity index (χ4n) is 5.30. The zero-order chi connectivity index (χ0) is 23.6. The first kappa shape index (κ1) is 21.7. The van der Waals surface area contributed by atoms with Crippen molar-refractivity contribution in [3.63, 3.8) is 0 Å². The van der Waals surface area contributed by atoms with Crippen molar-refractivity contribution in [2.75, 3.05) is 13.7 Å². The van der Waals surface area contributed by atoms with Gasteiger partial charge in [0.05, 0.1) is 18.3 Å². The minimum absolute atomic E-state index is 0.00678. The van der Waals surface area contributed by atoms with Gasteiger partial charge in [-0.15, -0.1) is 11.3 Å². The molecule has 8 heteroatoms. The number of methoxy groups -OCH3 is 1. The number of thiophene rings is 1. The van der Waals surface area contributed by atoms with Crippen molar-refractivity contribution in [3.8, 4) is 17.3 Å². The van der Waals surface area contributed by atoms with Crippen molar-refractivity contribution in [2.24, 2.45) is 18.7 Å². The first-order valence-corrected chi connectivity index (χ1v) is 13.0. The first-order chi connectivity index (χ1) is 16.4. The number of carbonyl (C=O) groups excluding carboxylic acids is 1. The van der Waals surface area contributed by atoms with Crippen molar-refractivity contribution in [3.05, 3.63) is 35.2 Å². The van der Waals surface area contributed by atoms with E-state index in [-0.39, 0.29) is 18.0 Å². The van der Waals surface area contributed by atoms with Crippen LogP contribution in [0, 0.1) is 5.92 Å². The highest BCUT2D eigenvalue weighted by Crippen LogP contribution is 2.39. The Balaban J connectivity index is 1.46. The van der Waals surface area contributed by atoms with E-state index in [0.717, 1.165) is 47.9 Å². The highest BCUT2D eigenvalue weighted by atomic mass is 32.1. The number of imidazole rings is 1. The lowest BCUT2D eigenvalue weighted by molar-refractivity contribution is 0.0612. The van der Waals surface area contributed by atoms with Crippen LogP contribution in [0.3, 0.4) is 0 Å². The van der Waals surface area contributed by atoms with Crippen molar-refractivity contribution in [2.45, 2.75) is 51.2 Å². The molecule has 2 N–H and O–H groups in total. The minimum Gasteiger partial charge on any atom is -0.494 e. The number of aryl methyl sites for hydroxylation is 1. The molecule has 1 aliphatic carbocycles. The van der Waals surface area contributed by atoms with Crippen molar-refractivity contribution < 1.29 is 9.53 Å². The van der Waals surface area contributed by atoms with E-state index in [2.05, 4.69) is 33.6 Å². The van der Waals surface area contributed by atoms with Crippen LogP contribution in [-0.2, 0) is 13.6 Å². The molecular weight excluding hydrogens is 446 g/mol. The molecule has 6 rings (SSSR count). The zero-order valence-electron chi connectivity index (χ0n) is 20.0. The Kier molecular flexibility index (Phi) is 5.18. The number of benzene rings is 1. The summed E-state index contributed by atoms with van der Waals surface area (Å²) in [6.07, 6.45) is 4.47. The van der Waals surface area contributed by atoms with E-state index in [4.69, 9.17) is 15.5 Å². The van der Waals surface area contributed by atoms with Gasteiger partial charge < -0.3 is 24.5 Å². The van der Waals surface area contributed by atoms with E-state index >= 15 is 0 Å². The summed E-state index contributed by atoms with van der Waals surface area (Å²) in [5, 5.41) is 3.41. The molecule has 2 atom stereocenters. The third kappa shape index (κ3) is 3.51. The number of likely N-dealkylation sites (tertiary alicyclic amines) is 1. The number of nitrogens with zero attached hydrogens (tertiary/aromatic N) is 4. The van der Waals surface area contributed by atoms with Gasteiger partial charge in [0.25, 0.3) is 5.91 Å². The molecule has 34 heavy (non-hydrogen) atoms. The number of amides is 1. The Morgan fingerprint density at radius 2 is 2.06 bits per heavy atom. The highest BCUT2D eigenvalue weighted by Gasteiger charge is 2.30. The fraction of sp³-hybridized carbons (Fsp3) is 0.462. The van der Waals surface area contributed by atoms with Crippen LogP contribution >= 0.6 is 11.3 Å². The minimum atomic E-state index is -0.00678. The van der Waals surface area contributed by atoms with Crippen LogP contribution in [-0.4, -0.2) is 50.7 Å². The molecule has 0 radical (unpaired) electrons. The summed E-state index contributed by atoms with van der Waals surface area (Å²) in [5.74, 6) is 2.31. The van der Waals surface area contributed by atoms with Crippen LogP contribution in [0.15, 0.2) is 29.6 Å². The standard InChI is InChI=1S/C26H31N5O2S/c1-15-4-7-19(27)14-30(15)25(32)18-10-20-23(22(12-18)33-3)29(2)24(28-20)21-11-17-8-9-34-26(17)31(21)13-16-5-6-16/h8-12,15-16,19H,4-7,13-14,27H2,1-3H3. The third-order valence-corrected chi connectivity index (χ3v) is 8.40. The van der Waals surface area contributed by atoms with Crippen LogP contribution in [0.1, 0.15) is 43.0 Å². The number of piperidine rings is 1. The number of fused-ring (bicyclic) bond motifs is 2. The first-order valence-electron chi connectivity index (χ1n) is 12.1. The predicted molar refractivity (Wildman–Crippen MR) is 137 cm³/mol. The van der Waals surface area contributed by atoms with Gasteiger partial charge in [0.2, 0.25) is 0 Å². The van der Waals surface area contributed by atoms with Gasteiger partial charge in [-0.1, -0.05) is 0 Å². The lowest BCUT2D eigenvalue weighted by Crippen LogP contribution is -2.50. The largest absolute Gasteiger partial charge is 0.494 e. The van der Waals surface area contributed by atoms with E-state index in [1.807, 2.05) is 24.1 Å². The summed E-state index contributed by atoms with van der Waals surface area (Å²) in [4.78, 5) is 21.7. The number of carbonyl (C=O) groups is 1. The van der Waals surface area contributed by atoms with Crippen LogP contribution in [0.2, 0.25) is 0 Å². The molecule has 1 aliphatic heterocycles.